The maximum Gasteiger partial charge on any atom is 0.472 e. The van der Waals surface area contributed by atoms with Crippen molar-refractivity contribution in [2.75, 3.05) is 39.6 Å². The fourth-order valence-corrected chi connectivity index (χ4v) is 13.5. The Balaban J connectivity index is 5.21. The zero-order valence-electron chi connectivity index (χ0n) is 63.5. The highest BCUT2D eigenvalue weighted by molar-refractivity contribution is 7.47. The van der Waals surface area contributed by atoms with Gasteiger partial charge < -0.3 is 33.8 Å². The Morgan fingerprint density at radius 2 is 0.526 bits per heavy atom. The van der Waals surface area contributed by atoms with Crippen LogP contribution in [0.15, 0.2) is 0 Å². The van der Waals surface area contributed by atoms with Gasteiger partial charge in [0.1, 0.15) is 19.3 Å². The van der Waals surface area contributed by atoms with Crippen molar-refractivity contribution < 1.29 is 80.2 Å². The Morgan fingerprint density at radius 3 is 0.784 bits per heavy atom. The van der Waals surface area contributed by atoms with Crippen molar-refractivity contribution >= 4 is 39.5 Å². The summed E-state index contributed by atoms with van der Waals surface area (Å²) in [6.07, 6.45) is 55.7. The van der Waals surface area contributed by atoms with Gasteiger partial charge in [0.2, 0.25) is 0 Å². The smallest absolute Gasteiger partial charge is 0.462 e. The van der Waals surface area contributed by atoms with Gasteiger partial charge in [-0.1, -0.05) is 350 Å². The van der Waals surface area contributed by atoms with Gasteiger partial charge in [0.05, 0.1) is 26.4 Å². The van der Waals surface area contributed by atoms with Crippen LogP contribution in [0.1, 0.15) is 402 Å². The number of carbonyl (C=O) groups excluding carboxylic acids is 4. The minimum absolute atomic E-state index is 0.104. The normalized spacial score (nSPS) is 14.3. The average molecular weight is 1420 g/mol. The Bertz CT molecular complexity index is 1890. The Kier molecular flexibility index (Phi) is 67.1. The van der Waals surface area contributed by atoms with Gasteiger partial charge in [-0.25, -0.2) is 9.13 Å². The van der Waals surface area contributed by atoms with Gasteiger partial charge in [-0.3, -0.25) is 37.3 Å². The molecule has 0 aliphatic heterocycles. The van der Waals surface area contributed by atoms with Crippen LogP contribution in [-0.4, -0.2) is 96.7 Å². The summed E-state index contributed by atoms with van der Waals surface area (Å²) in [4.78, 5) is 72.8. The monoisotopic (exact) mass is 1420 g/mol. The van der Waals surface area contributed by atoms with E-state index >= 15 is 0 Å². The standard InChI is InChI=1S/C78H152O17P2/c1-8-10-11-12-13-14-15-16-17-18-19-20-21-22-23-24-29-32-38-47-54-61-77(82)94-73(65-88-75(80)59-52-45-37-31-28-26-25-27-30-35-42-49-56-69(3)4)67-92-96(84,85)90-63-72(79)64-91-97(86,87)93-68-74(66-89-76(81)60-53-46-41-40-44-51-58-71(7)9-2)95-78(83)62-55-48-39-34-33-36-43-50-57-70(5)6/h69-74,79H,8-68H2,1-7H3,(H,84,85)(H,86,87)/t71?,72-,73-,74-/m1/s1. The van der Waals surface area contributed by atoms with Crippen LogP contribution >= 0.6 is 15.6 Å². The molecule has 0 saturated heterocycles. The summed E-state index contributed by atoms with van der Waals surface area (Å²) >= 11 is 0. The molecule has 0 aliphatic carbocycles. The van der Waals surface area contributed by atoms with E-state index in [0.29, 0.717) is 25.7 Å². The Labute approximate surface area is 594 Å². The quantitative estimate of drug-likeness (QED) is 0.0222. The molecule has 97 heavy (non-hydrogen) atoms. The molecule has 3 N–H and O–H groups in total. The van der Waals surface area contributed by atoms with Gasteiger partial charge in [0.25, 0.3) is 0 Å². The molecular formula is C78H152O17P2. The fourth-order valence-electron chi connectivity index (χ4n) is 11.9. The Hall–Kier alpha value is -1.94. The molecule has 17 nitrogen and oxygen atoms in total. The predicted octanol–water partition coefficient (Wildman–Crippen LogP) is 23.0. The first kappa shape index (κ1) is 95.1. The van der Waals surface area contributed by atoms with Gasteiger partial charge in [-0.15, -0.1) is 0 Å². The molecular weight excluding hydrogens is 1270 g/mol. The lowest BCUT2D eigenvalue weighted by molar-refractivity contribution is -0.161. The molecule has 0 heterocycles. The van der Waals surface area contributed by atoms with Crippen LogP contribution in [0.25, 0.3) is 0 Å². The first-order valence-electron chi connectivity index (χ1n) is 40.4. The molecule has 0 rings (SSSR count). The number of esters is 4. The number of rotatable bonds is 76. The third-order valence-corrected chi connectivity index (χ3v) is 20.4. The summed E-state index contributed by atoms with van der Waals surface area (Å²) in [6.45, 7) is 11.8. The molecule has 0 aromatic heterocycles. The molecule has 3 unspecified atom stereocenters. The Morgan fingerprint density at radius 1 is 0.299 bits per heavy atom. The molecule has 0 spiro atoms. The highest BCUT2D eigenvalue weighted by Gasteiger charge is 2.30. The van der Waals surface area contributed by atoms with Gasteiger partial charge in [-0.05, 0) is 43.4 Å². The van der Waals surface area contributed by atoms with Crippen molar-refractivity contribution in [3.63, 3.8) is 0 Å². The summed E-state index contributed by atoms with van der Waals surface area (Å²) in [5.41, 5.74) is 0. The van der Waals surface area contributed by atoms with Crippen molar-refractivity contribution in [2.45, 2.75) is 420 Å². The zero-order valence-corrected chi connectivity index (χ0v) is 65.3. The minimum atomic E-state index is -4.96. The number of carbonyl (C=O) groups is 4. The number of unbranched alkanes of at least 4 members (excludes halogenated alkanes) is 43. The van der Waals surface area contributed by atoms with Crippen LogP contribution < -0.4 is 0 Å². The van der Waals surface area contributed by atoms with Crippen LogP contribution in [0.5, 0.6) is 0 Å². The topological polar surface area (TPSA) is 237 Å². The molecule has 576 valence electrons. The fraction of sp³-hybridized carbons (Fsp3) is 0.949. The van der Waals surface area contributed by atoms with Crippen molar-refractivity contribution in [3.8, 4) is 0 Å². The van der Waals surface area contributed by atoms with E-state index in [4.69, 9.17) is 37.0 Å². The van der Waals surface area contributed by atoms with E-state index in [0.717, 1.165) is 114 Å². The maximum absolute atomic E-state index is 13.1. The average Bonchev–Trinajstić information content (AvgIpc) is 2.28. The SMILES string of the molecule is CCCCCCCCCCCCCCCCCCCCCCCC(=O)O[C@H](COC(=O)CCCCCCCCCCCCCCC(C)C)COP(=O)(O)OC[C@@H](O)COP(=O)(O)OC[C@@H](COC(=O)CCCCCCCCC(C)CC)OC(=O)CCCCCCCCCCC(C)C. The first-order chi connectivity index (χ1) is 46.8. The highest BCUT2D eigenvalue weighted by Crippen LogP contribution is 2.45. The zero-order chi connectivity index (χ0) is 71.6. The van der Waals surface area contributed by atoms with Crippen molar-refractivity contribution in [1.82, 2.24) is 0 Å². The van der Waals surface area contributed by atoms with E-state index in [9.17, 15) is 43.2 Å². The predicted molar refractivity (Wildman–Crippen MR) is 395 cm³/mol. The van der Waals surface area contributed by atoms with E-state index < -0.39 is 97.5 Å². The summed E-state index contributed by atoms with van der Waals surface area (Å²) in [5, 5.41) is 10.6. The molecule has 0 aromatic carbocycles. The van der Waals surface area contributed by atoms with E-state index in [-0.39, 0.29) is 25.7 Å². The highest BCUT2D eigenvalue weighted by atomic mass is 31.2. The summed E-state index contributed by atoms with van der Waals surface area (Å²) in [6, 6.07) is 0. The lowest BCUT2D eigenvalue weighted by atomic mass is 10.00. The molecule has 0 saturated carbocycles. The van der Waals surface area contributed by atoms with E-state index in [1.165, 1.54) is 205 Å². The maximum atomic E-state index is 13.1. The lowest BCUT2D eigenvalue weighted by Crippen LogP contribution is -2.30. The molecule has 0 fully saturated rings. The molecule has 0 aliphatic rings. The number of ether oxygens (including phenoxy) is 4. The summed E-state index contributed by atoms with van der Waals surface area (Å²) in [7, 11) is -9.91. The van der Waals surface area contributed by atoms with Crippen molar-refractivity contribution in [3.05, 3.63) is 0 Å². The van der Waals surface area contributed by atoms with Gasteiger partial charge in [0.15, 0.2) is 12.2 Å². The van der Waals surface area contributed by atoms with E-state index in [1.54, 1.807) is 0 Å². The number of aliphatic hydroxyl groups excluding tert-OH is 1. The third kappa shape index (κ3) is 70.9. The summed E-state index contributed by atoms with van der Waals surface area (Å²) < 4.78 is 68.6. The first-order valence-corrected chi connectivity index (χ1v) is 43.4. The molecule has 0 bridgehead atoms. The lowest BCUT2D eigenvalue weighted by Gasteiger charge is -2.21. The van der Waals surface area contributed by atoms with Crippen LogP contribution in [0.4, 0.5) is 0 Å². The second kappa shape index (κ2) is 68.5. The van der Waals surface area contributed by atoms with Crippen molar-refractivity contribution in [1.29, 1.82) is 0 Å². The van der Waals surface area contributed by atoms with Gasteiger partial charge in [0, 0.05) is 25.7 Å². The van der Waals surface area contributed by atoms with E-state index in [2.05, 4.69) is 48.5 Å². The molecule has 19 heteroatoms. The minimum Gasteiger partial charge on any atom is -0.462 e. The van der Waals surface area contributed by atoms with Crippen LogP contribution in [0.3, 0.4) is 0 Å². The number of phosphoric acid groups is 2. The number of hydrogen-bond donors (Lipinski definition) is 3. The van der Waals surface area contributed by atoms with Gasteiger partial charge in [-0.2, -0.15) is 0 Å². The van der Waals surface area contributed by atoms with Crippen LogP contribution in [0, 0.1) is 17.8 Å². The molecule has 0 aromatic rings. The van der Waals surface area contributed by atoms with Crippen molar-refractivity contribution in [2.24, 2.45) is 17.8 Å². The third-order valence-electron chi connectivity index (χ3n) is 18.5. The van der Waals surface area contributed by atoms with Crippen LogP contribution in [-0.2, 0) is 65.4 Å². The van der Waals surface area contributed by atoms with Crippen LogP contribution in [0.2, 0.25) is 0 Å². The van der Waals surface area contributed by atoms with E-state index in [1.807, 2.05) is 0 Å². The largest absolute Gasteiger partial charge is 0.472 e. The summed E-state index contributed by atoms with van der Waals surface area (Å²) in [5.74, 6) is 0.111. The number of phosphoric ester groups is 2. The molecule has 0 radical (unpaired) electrons. The number of hydrogen-bond acceptors (Lipinski definition) is 15. The second-order valence-corrected chi connectivity index (χ2v) is 32.2. The molecule has 6 atom stereocenters. The number of aliphatic hydroxyl groups is 1. The molecule has 0 amide bonds. The van der Waals surface area contributed by atoms with Gasteiger partial charge >= 0.3 is 39.5 Å². The second-order valence-electron chi connectivity index (χ2n) is 29.3.